The summed E-state index contributed by atoms with van der Waals surface area (Å²) in [6.45, 7) is 0.150. The molecule has 15 nitrogen and oxygen atoms in total. The van der Waals surface area contributed by atoms with Gasteiger partial charge in [0.05, 0.1) is 45.1 Å². The maximum Gasteiger partial charge on any atom is 0.248 e. The smallest absolute Gasteiger partial charge is 0.248 e. The van der Waals surface area contributed by atoms with Gasteiger partial charge in [-0.05, 0) is 70.4 Å². The minimum Gasteiger partial charge on any atom is -0.497 e. The average molecular weight is 777 g/mol. The van der Waals surface area contributed by atoms with Crippen molar-refractivity contribution < 1.29 is 40.6 Å². The summed E-state index contributed by atoms with van der Waals surface area (Å²) in [6, 6.07) is 25.2. The Bertz CT molecular complexity index is 2230. The van der Waals surface area contributed by atoms with E-state index >= 15 is 8.42 Å². The summed E-state index contributed by atoms with van der Waals surface area (Å²) in [4.78, 5) is 14.2. The van der Waals surface area contributed by atoms with Crippen molar-refractivity contribution in [2.75, 3.05) is 53.4 Å². The Morgan fingerprint density at radius 3 is 1.85 bits per heavy atom. The predicted molar refractivity (Wildman–Crippen MR) is 197 cm³/mol. The molecule has 0 N–H and O–H groups in total. The number of benzene rings is 4. The van der Waals surface area contributed by atoms with Crippen LogP contribution in [0.1, 0.15) is 16.7 Å². The maximum absolute atomic E-state index is 15.2. The zero-order valence-electron chi connectivity index (χ0n) is 30.0. The van der Waals surface area contributed by atoms with E-state index in [1.54, 1.807) is 67.8 Å². The lowest BCUT2D eigenvalue weighted by molar-refractivity contribution is -0.142. The van der Waals surface area contributed by atoms with Crippen molar-refractivity contribution in [2.24, 2.45) is 0 Å². The predicted octanol–water partition coefficient (Wildman–Crippen LogP) is 3.44. The summed E-state index contributed by atoms with van der Waals surface area (Å²) in [6.07, 6.45) is 0. The quantitative estimate of drug-likeness (QED) is 0.143. The maximum atomic E-state index is 15.2. The Morgan fingerprint density at radius 1 is 0.759 bits per heavy atom. The van der Waals surface area contributed by atoms with E-state index in [-0.39, 0.29) is 63.2 Å². The third kappa shape index (κ3) is 8.87. The van der Waals surface area contributed by atoms with Gasteiger partial charge in [0.1, 0.15) is 28.8 Å². The lowest BCUT2D eigenvalue weighted by Crippen LogP contribution is -2.43. The van der Waals surface area contributed by atoms with Crippen LogP contribution in [0.4, 0.5) is 0 Å². The normalized spacial score (nSPS) is 13.6. The molecule has 0 spiro atoms. The van der Waals surface area contributed by atoms with Crippen LogP contribution >= 0.6 is 0 Å². The van der Waals surface area contributed by atoms with E-state index in [1.807, 2.05) is 12.1 Å². The third-order valence-corrected chi connectivity index (χ3v) is 12.6. The molecule has 284 valence electrons. The Kier molecular flexibility index (Phi) is 11.9. The summed E-state index contributed by atoms with van der Waals surface area (Å²) in [7, 11) is -4.38. The van der Waals surface area contributed by atoms with Gasteiger partial charge in [-0.25, -0.2) is 16.8 Å². The SMILES string of the molecule is COc1ccc(CN(Cc2ccc(OC)cc2)S(=O)(=O)c2c(-c3nnn(Cc4ccc(OC)cc4)n3)cccc2S(=O)(=O)CCN2CCOCC2=O)cc1. The highest BCUT2D eigenvalue weighted by atomic mass is 32.2. The molecule has 54 heavy (non-hydrogen) atoms. The number of hydrogen-bond donors (Lipinski definition) is 0. The Morgan fingerprint density at radius 2 is 1.31 bits per heavy atom. The molecule has 6 rings (SSSR count). The average Bonchev–Trinajstić information content (AvgIpc) is 3.66. The molecule has 0 bridgehead atoms. The van der Waals surface area contributed by atoms with Gasteiger partial charge in [-0.1, -0.05) is 42.5 Å². The number of aromatic nitrogens is 4. The number of sulfonamides is 1. The topological polar surface area (TPSA) is 172 Å². The second-order valence-corrected chi connectivity index (χ2v) is 16.3. The van der Waals surface area contributed by atoms with Gasteiger partial charge >= 0.3 is 0 Å². The van der Waals surface area contributed by atoms with Crippen LogP contribution in [0.25, 0.3) is 11.4 Å². The highest BCUT2D eigenvalue weighted by Crippen LogP contribution is 2.35. The van der Waals surface area contributed by atoms with Gasteiger partial charge < -0.3 is 23.8 Å². The number of hydrogen-bond acceptors (Lipinski definition) is 12. The first-order valence-corrected chi connectivity index (χ1v) is 20.0. The van der Waals surface area contributed by atoms with Crippen LogP contribution in [0.3, 0.4) is 0 Å². The number of tetrazole rings is 1. The molecule has 1 aliphatic rings. The zero-order chi connectivity index (χ0) is 38.3. The molecule has 2 heterocycles. The zero-order valence-corrected chi connectivity index (χ0v) is 31.6. The first kappa shape index (κ1) is 38.4. The van der Waals surface area contributed by atoms with Gasteiger partial charge in [0.25, 0.3) is 0 Å². The number of ether oxygens (including phenoxy) is 4. The molecule has 1 saturated heterocycles. The molecule has 1 fully saturated rings. The first-order chi connectivity index (χ1) is 26.0. The van der Waals surface area contributed by atoms with Gasteiger partial charge in [-0.3, -0.25) is 4.79 Å². The van der Waals surface area contributed by atoms with Crippen LogP contribution in [0, 0.1) is 0 Å². The first-order valence-electron chi connectivity index (χ1n) is 16.9. The molecular weight excluding hydrogens is 737 g/mol. The number of amides is 1. The molecule has 5 aromatic rings. The Hall–Kier alpha value is -5.36. The van der Waals surface area contributed by atoms with E-state index in [9.17, 15) is 13.2 Å². The largest absolute Gasteiger partial charge is 0.497 e. The van der Waals surface area contributed by atoms with Crippen LogP contribution in [0.2, 0.25) is 0 Å². The number of sulfone groups is 1. The van der Waals surface area contributed by atoms with Crippen molar-refractivity contribution in [2.45, 2.75) is 29.4 Å². The van der Waals surface area contributed by atoms with E-state index in [0.717, 1.165) is 5.56 Å². The van der Waals surface area contributed by atoms with Crippen molar-refractivity contribution in [1.82, 2.24) is 29.4 Å². The molecule has 0 atom stereocenters. The fourth-order valence-corrected chi connectivity index (χ4v) is 9.58. The molecular formula is C37H40N6O9S2. The van der Waals surface area contributed by atoms with Gasteiger partial charge in [0.2, 0.25) is 21.8 Å². The molecule has 1 amide bonds. The molecule has 0 aliphatic carbocycles. The van der Waals surface area contributed by atoms with Gasteiger partial charge in [-0.15, -0.1) is 10.2 Å². The van der Waals surface area contributed by atoms with Crippen LogP contribution in [0.15, 0.2) is 101 Å². The minimum absolute atomic E-state index is 0.0473. The summed E-state index contributed by atoms with van der Waals surface area (Å²) >= 11 is 0. The molecule has 0 radical (unpaired) electrons. The van der Waals surface area contributed by atoms with E-state index in [0.29, 0.717) is 28.4 Å². The van der Waals surface area contributed by atoms with E-state index in [1.165, 1.54) is 46.4 Å². The molecule has 1 aromatic heterocycles. The van der Waals surface area contributed by atoms with Crippen molar-refractivity contribution in [1.29, 1.82) is 0 Å². The number of methoxy groups -OCH3 is 3. The lowest BCUT2D eigenvalue weighted by atomic mass is 10.2. The number of rotatable bonds is 16. The van der Waals surface area contributed by atoms with Crippen LogP contribution in [0.5, 0.6) is 17.2 Å². The van der Waals surface area contributed by atoms with Crippen LogP contribution < -0.4 is 14.2 Å². The summed E-state index contributed by atoms with van der Waals surface area (Å²) in [5.41, 5.74) is 2.04. The van der Waals surface area contributed by atoms with Crippen molar-refractivity contribution in [3.05, 3.63) is 108 Å². The van der Waals surface area contributed by atoms with E-state index < -0.39 is 35.4 Å². The molecule has 0 unspecified atom stereocenters. The monoisotopic (exact) mass is 776 g/mol. The van der Waals surface area contributed by atoms with E-state index in [2.05, 4.69) is 15.4 Å². The van der Waals surface area contributed by atoms with Crippen LogP contribution in [-0.4, -0.2) is 106 Å². The number of nitrogens with zero attached hydrogens (tertiary/aromatic N) is 6. The molecule has 1 aliphatic heterocycles. The van der Waals surface area contributed by atoms with Crippen molar-refractivity contribution in [3.63, 3.8) is 0 Å². The second-order valence-electron chi connectivity index (χ2n) is 12.3. The highest BCUT2D eigenvalue weighted by Gasteiger charge is 2.36. The summed E-state index contributed by atoms with van der Waals surface area (Å²) in [5, 5.41) is 12.9. The third-order valence-electron chi connectivity index (χ3n) is 8.84. The van der Waals surface area contributed by atoms with Crippen LogP contribution in [-0.2, 0) is 49.0 Å². The van der Waals surface area contributed by atoms with Crippen molar-refractivity contribution >= 4 is 25.8 Å². The van der Waals surface area contributed by atoms with Crippen molar-refractivity contribution in [3.8, 4) is 28.6 Å². The lowest BCUT2D eigenvalue weighted by Gasteiger charge is -2.27. The Labute approximate surface area is 314 Å². The molecule has 4 aromatic carbocycles. The number of carbonyl (C=O) groups is 1. The number of carbonyl (C=O) groups excluding carboxylic acids is 1. The molecule has 17 heteroatoms. The summed E-state index contributed by atoms with van der Waals surface area (Å²) < 4.78 is 81.2. The van der Waals surface area contributed by atoms with Gasteiger partial charge in [-0.2, -0.15) is 9.10 Å². The number of morpholine rings is 1. The van der Waals surface area contributed by atoms with E-state index in [4.69, 9.17) is 18.9 Å². The Balaban J connectivity index is 1.45. The standard InChI is InChI=1S/C37H40N6O9S2/c1-49-30-13-7-27(8-14-30)23-42(24-28-9-15-31(50-2)16-10-28)54(47,48)36-33(37-38-40-43(39-37)25-29-11-17-32(51-3)18-12-29)5-4-6-34(36)53(45,46)22-20-41-19-21-52-26-35(41)44/h4-18H,19-26H2,1-3H3. The summed E-state index contributed by atoms with van der Waals surface area (Å²) in [5.74, 6) is 0.885. The van der Waals surface area contributed by atoms with Gasteiger partial charge in [0, 0.05) is 31.7 Å². The molecule has 0 saturated carbocycles. The second kappa shape index (κ2) is 16.8. The fourth-order valence-electron chi connectivity index (χ4n) is 5.87. The fraction of sp³-hybridized carbons (Fsp3) is 0.297. The van der Waals surface area contributed by atoms with Gasteiger partial charge in [0.15, 0.2) is 9.84 Å². The minimum atomic E-state index is -4.67. The highest BCUT2D eigenvalue weighted by molar-refractivity contribution is 7.93.